The van der Waals surface area contributed by atoms with E-state index < -0.39 is 0 Å². The van der Waals surface area contributed by atoms with Crippen LogP contribution >= 0.6 is 0 Å². The van der Waals surface area contributed by atoms with E-state index in [0.29, 0.717) is 23.7 Å². The average molecular weight is 383 g/mol. The predicted molar refractivity (Wildman–Crippen MR) is 112 cm³/mol. The number of likely N-dealkylation sites (tertiary alicyclic amines) is 1. The molecule has 0 radical (unpaired) electrons. The number of piperidine rings is 1. The number of nitrogens with zero attached hydrogens (tertiary/aromatic N) is 1. The zero-order valence-corrected chi connectivity index (χ0v) is 17.0. The minimum atomic E-state index is -0.165. The van der Waals surface area contributed by atoms with Crippen molar-refractivity contribution in [3.63, 3.8) is 0 Å². The first-order chi connectivity index (χ1) is 13.6. The number of nitrogens with one attached hydrogen (secondary N) is 1. The fourth-order valence-corrected chi connectivity index (χ4v) is 3.46. The minimum Gasteiger partial charge on any atom is -0.493 e. The maximum atomic E-state index is 12.6. The molecule has 5 heteroatoms. The van der Waals surface area contributed by atoms with Gasteiger partial charge in [0, 0.05) is 17.8 Å². The first kappa shape index (κ1) is 20.2. The van der Waals surface area contributed by atoms with Crippen LogP contribution in [0.4, 0.5) is 5.69 Å². The molecule has 0 aromatic heterocycles. The van der Waals surface area contributed by atoms with Gasteiger partial charge < -0.3 is 14.8 Å². The van der Waals surface area contributed by atoms with Gasteiger partial charge in [0.05, 0.1) is 13.7 Å². The van der Waals surface area contributed by atoms with Gasteiger partial charge >= 0.3 is 0 Å². The SMILES string of the molecule is CCOc1cc(C(=O)Nc2ccc(CN3CCC(C)CC3)cc2)ccc1OC. The zero-order chi connectivity index (χ0) is 19.9. The molecular formula is C23H30N2O3. The molecule has 5 nitrogen and oxygen atoms in total. The molecule has 1 aliphatic rings. The van der Waals surface area contributed by atoms with E-state index in [1.54, 1.807) is 25.3 Å². The normalized spacial score (nSPS) is 15.2. The summed E-state index contributed by atoms with van der Waals surface area (Å²) in [6.45, 7) is 8.04. The molecule has 0 aliphatic carbocycles. The van der Waals surface area contributed by atoms with Crippen molar-refractivity contribution in [2.24, 2.45) is 5.92 Å². The molecule has 0 saturated carbocycles. The maximum Gasteiger partial charge on any atom is 0.255 e. The number of ether oxygens (including phenoxy) is 2. The lowest BCUT2D eigenvalue weighted by atomic mass is 9.99. The number of hydrogen-bond acceptors (Lipinski definition) is 4. The van der Waals surface area contributed by atoms with Crippen molar-refractivity contribution in [1.82, 2.24) is 4.90 Å². The third kappa shape index (κ3) is 5.26. The third-order valence-electron chi connectivity index (χ3n) is 5.22. The van der Waals surface area contributed by atoms with Crippen molar-refractivity contribution in [2.75, 3.05) is 32.1 Å². The second kappa shape index (κ2) is 9.60. The summed E-state index contributed by atoms with van der Waals surface area (Å²) < 4.78 is 10.8. The number of methoxy groups -OCH3 is 1. The molecular weight excluding hydrogens is 352 g/mol. The van der Waals surface area contributed by atoms with Gasteiger partial charge in [-0.25, -0.2) is 0 Å². The molecule has 1 heterocycles. The molecule has 1 N–H and O–H groups in total. The minimum absolute atomic E-state index is 0.165. The third-order valence-corrected chi connectivity index (χ3v) is 5.22. The van der Waals surface area contributed by atoms with E-state index in [4.69, 9.17) is 9.47 Å². The van der Waals surface area contributed by atoms with Crippen LogP contribution in [0.25, 0.3) is 0 Å². The lowest BCUT2D eigenvalue weighted by molar-refractivity contribution is 0.102. The highest BCUT2D eigenvalue weighted by Crippen LogP contribution is 2.28. The van der Waals surface area contributed by atoms with E-state index in [1.807, 2.05) is 19.1 Å². The smallest absolute Gasteiger partial charge is 0.255 e. The van der Waals surface area contributed by atoms with Gasteiger partial charge in [-0.05, 0) is 74.7 Å². The number of anilines is 1. The standard InChI is InChI=1S/C23H30N2O3/c1-4-28-22-15-19(7-10-21(22)27-3)23(26)24-20-8-5-18(6-9-20)16-25-13-11-17(2)12-14-25/h5-10,15,17H,4,11-14,16H2,1-3H3,(H,24,26). The number of rotatable bonds is 7. The topological polar surface area (TPSA) is 50.8 Å². The van der Waals surface area contributed by atoms with Crippen molar-refractivity contribution in [3.05, 3.63) is 53.6 Å². The summed E-state index contributed by atoms with van der Waals surface area (Å²) in [4.78, 5) is 15.1. The Morgan fingerprint density at radius 3 is 2.46 bits per heavy atom. The molecule has 1 amide bonds. The Balaban J connectivity index is 1.60. The predicted octanol–water partition coefficient (Wildman–Crippen LogP) is 4.58. The van der Waals surface area contributed by atoms with Crippen molar-refractivity contribution in [2.45, 2.75) is 33.2 Å². The number of carbonyl (C=O) groups is 1. The highest BCUT2D eigenvalue weighted by atomic mass is 16.5. The molecule has 150 valence electrons. The summed E-state index contributed by atoms with van der Waals surface area (Å²) in [7, 11) is 1.59. The maximum absolute atomic E-state index is 12.6. The van der Waals surface area contributed by atoms with Crippen LogP contribution in [0.15, 0.2) is 42.5 Å². The second-order valence-electron chi connectivity index (χ2n) is 7.41. The van der Waals surface area contributed by atoms with E-state index >= 15 is 0 Å². The van der Waals surface area contributed by atoms with Crippen molar-refractivity contribution >= 4 is 11.6 Å². The number of amides is 1. The van der Waals surface area contributed by atoms with Gasteiger partial charge in [-0.3, -0.25) is 9.69 Å². The van der Waals surface area contributed by atoms with Crippen LogP contribution in [-0.2, 0) is 6.54 Å². The fourth-order valence-electron chi connectivity index (χ4n) is 3.46. The first-order valence-electron chi connectivity index (χ1n) is 10.0. The Labute approximate surface area is 167 Å². The van der Waals surface area contributed by atoms with Gasteiger partial charge in [0.2, 0.25) is 0 Å². The van der Waals surface area contributed by atoms with Crippen LogP contribution in [0, 0.1) is 5.92 Å². The molecule has 2 aromatic carbocycles. The molecule has 3 rings (SSSR count). The van der Waals surface area contributed by atoms with Crippen molar-refractivity contribution in [1.29, 1.82) is 0 Å². The van der Waals surface area contributed by atoms with Crippen LogP contribution in [0.5, 0.6) is 11.5 Å². The van der Waals surface area contributed by atoms with Crippen LogP contribution in [0.2, 0.25) is 0 Å². The van der Waals surface area contributed by atoms with Crippen molar-refractivity contribution < 1.29 is 14.3 Å². The molecule has 0 unspecified atom stereocenters. The largest absolute Gasteiger partial charge is 0.493 e. The number of hydrogen-bond donors (Lipinski definition) is 1. The van der Waals surface area contributed by atoms with Gasteiger partial charge in [0.15, 0.2) is 11.5 Å². The van der Waals surface area contributed by atoms with E-state index in [1.165, 1.54) is 31.5 Å². The molecule has 0 bridgehead atoms. The molecule has 0 spiro atoms. The Kier molecular flexibility index (Phi) is 6.93. The zero-order valence-electron chi connectivity index (χ0n) is 17.0. The Bertz CT molecular complexity index is 781. The number of benzene rings is 2. The molecule has 2 aromatic rings. The Morgan fingerprint density at radius 1 is 1.11 bits per heavy atom. The summed E-state index contributed by atoms with van der Waals surface area (Å²) in [6, 6.07) is 13.3. The van der Waals surface area contributed by atoms with Gasteiger partial charge in [-0.15, -0.1) is 0 Å². The average Bonchev–Trinajstić information content (AvgIpc) is 2.71. The molecule has 1 saturated heterocycles. The first-order valence-corrected chi connectivity index (χ1v) is 10.0. The van der Waals surface area contributed by atoms with Gasteiger partial charge in [-0.2, -0.15) is 0 Å². The second-order valence-corrected chi connectivity index (χ2v) is 7.41. The summed E-state index contributed by atoms with van der Waals surface area (Å²) in [5.74, 6) is 1.87. The van der Waals surface area contributed by atoms with Crippen LogP contribution in [0.3, 0.4) is 0 Å². The van der Waals surface area contributed by atoms with Crippen LogP contribution in [-0.4, -0.2) is 37.6 Å². The Morgan fingerprint density at radius 2 is 1.82 bits per heavy atom. The molecule has 0 atom stereocenters. The molecule has 1 fully saturated rings. The summed E-state index contributed by atoms with van der Waals surface area (Å²) in [5.41, 5.74) is 2.60. The highest BCUT2D eigenvalue weighted by Gasteiger charge is 2.16. The monoisotopic (exact) mass is 382 g/mol. The summed E-state index contributed by atoms with van der Waals surface area (Å²) >= 11 is 0. The van der Waals surface area contributed by atoms with Gasteiger partial charge in [0.1, 0.15) is 0 Å². The fraction of sp³-hybridized carbons (Fsp3) is 0.435. The quantitative estimate of drug-likeness (QED) is 0.762. The Hall–Kier alpha value is -2.53. The van der Waals surface area contributed by atoms with E-state index in [2.05, 4.69) is 29.3 Å². The van der Waals surface area contributed by atoms with E-state index in [9.17, 15) is 4.79 Å². The van der Waals surface area contributed by atoms with Crippen LogP contribution < -0.4 is 14.8 Å². The van der Waals surface area contributed by atoms with Gasteiger partial charge in [0.25, 0.3) is 5.91 Å². The molecule has 1 aliphatic heterocycles. The van der Waals surface area contributed by atoms with Gasteiger partial charge in [-0.1, -0.05) is 19.1 Å². The summed E-state index contributed by atoms with van der Waals surface area (Å²) in [5, 5.41) is 2.95. The number of carbonyl (C=O) groups excluding carboxylic acids is 1. The van der Waals surface area contributed by atoms with Crippen LogP contribution in [0.1, 0.15) is 42.6 Å². The molecule has 28 heavy (non-hydrogen) atoms. The highest BCUT2D eigenvalue weighted by molar-refractivity contribution is 6.04. The lowest BCUT2D eigenvalue weighted by Crippen LogP contribution is -2.32. The summed E-state index contributed by atoms with van der Waals surface area (Å²) in [6.07, 6.45) is 2.56. The van der Waals surface area contributed by atoms with E-state index in [-0.39, 0.29) is 5.91 Å². The van der Waals surface area contributed by atoms with E-state index in [0.717, 1.165) is 18.2 Å². The lowest BCUT2D eigenvalue weighted by Gasteiger charge is -2.30. The van der Waals surface area contributed by atoms with Crippen molar-refractivity contribution in [3.8, 4) is 11.5 Å².